The van der Waals surface area contributed by atoms with Crippen molar-refractivity contribution in [1.82, 2.24) is 5.32 Å². The number of carbonyl (C=O) groups is 1. The van der Waals surface area contributed by atoms with Gasteiger partial charge in [-0.25, -0.2) is 4.79 Å². The second-order valence-corrected chi connectivity index (χ2v) is 9.69. The molecule has 1 aliphatic rings. The van der Waals surface area contributed by atoms with Gasteiger partial charge in [0.15, 0.2) is 5.58 Å². The molecule has 31 heavy (non-hydrogen) atoms. The Morgan fingerprint density at radius 2 is 1.61 bits per heavy atom. The van der Waals surface area contributed by atoms with Crippen molar-refractivity contribution in [1.29, 1.82) is 0 Å². The molecule has 1 amide bonds. The van der Waals surface area contributed by atoms with Crippen LogP contribution < -0.4 is 15.5 Å². The lowest BCUT2D eigenvalue weighted by molar-refractivity contribution is -0.136. The largest absolute Gasteiger partial charge is 0.494 e. The Morgan fingerprint density at radius 3 is 2.06 bits per heavy atom. The number of ether oxygens (including phenoxy) is 1. The van der Waals surface area contributed by atoms with E-state index in [0.717, 1.165) is 6.07 Å². The minimum atomic E-state index is -4.71. The third-order valence-electron chi connectivity index (χ3n) is 5.75. The van der Waals surface area contributed by atoms with Gasteiger partial charge in [0.2, 0.25) is 0 Å². The predicted molar refractivity (Wildman–Crippen MR) is 111 cm³/mol. The van der Waals surface area contributed by atoms with Gasteiger partial charge in [0, 0.05) is 18.0 Å². The van der Waals surface area contributed by atoms with Crippen LogP contribution >= 0.6 is 0 Å². The van der Waals surface area contributed by atoms with Gasteiger partial charge in [0.05, 0.1) is 16.8 Å². The predicted octanol–water partition coefficient (Wildman–Crippen LogP) is 4.77. The molecule has 0 aliphatic carbocycles. The molecule has 6 nitrogen and oxygen atoms in total. The van der Waals surface area contributed by atoms with E-state index in [9.17, 15) is 18.0 Å². The summed E-state index contributed by atoms with van der Waals surface area (Å²) >= 11 is 0. The second-order valence-electron chi connectivity index (χ2n) is 9.69. The third-order valence-corrected chi connectivity index (χ3v) is 5.75. The van der Waals surface area contributed by atoms with Gasteiger partial charge in [-0.2, -0.15) is 13.2 Å². The van der Waals surface area contributed by atoms with E-state index in [0.29, 0.717) is 5.56 Å². The van der Waals surface area contributed by atoms with Gasteiger partial charge in [-0.05, 0) is 44.6 Å². The number of carbonyl (C=O) groups excluding carboxylic acids is 1. The van der Waals surface area contributed by atoms with Crippen molar-refractivity contribution in [2.75, 3.05) is 7.05 Å². The standard InChI is InChI=1S/C21H27BF3NO5/c1-18(2,3)14-12-9-11(22-30-19(4,5)20(6,7)31-22)10-13(21(23,24)25)15(12)28-16(14)29-17(27)26-8/h9-10H,1-8H3,(H,26,27). The van der Waals surface area contributed by atoms with Crippen LogP contribution in [0.3, 0.4) is 0 Å². The Labute approximate surface area is 179 Å². The summed E-state index contributed by atoms with van der Waals surface area (Å²) in [5.41, 5.74) is -2.98. The quantitative estimate of drug-likeness (QED) is 0.681. The minimum absolute atomic E-state index is 0.186. The molecule has 1 aromatic carbocycles. The van der Waals surface area contributed by atoms with Gasteiger partial charge in [0.25, 0.3) is 5.95 Å². The molecule has 0 radical (unpaired) electrons. The maximum absolute atomic E-state index is 14.0. The zero-order valence-electron chi connectivity index (χ0n) is 18.9. The van der Waals surface area contributed by atoms with Gasteiger partial charge in [-0.3, -0.25) is 0 Å². The van der Waals surface area contributed by atoms with Crippen molar-refractivity contribution in [3.05, 3.63) is 23.3 Å². The molecule has 1 aromatic heterocycles. The summed E-state index contributed by atoms with van der Waals surface area (Å²) in [5.74, 6) is -0.279. The number of alkyl halides is 3. The molecule has 1 saturated heterocycles. The van der Waals surface area contributed by atoms with Gasteiger partial charge >= 0.3 is 19.4 Å². The highest BCUT2D eigenvalue weighted by Crippen LogP contribution is 2.45. The lowest BCUT2D eigenvalue weighted by Crippen LogP contribution is -2.41. The molecule has 0 saturated carbocycles. The number of hydrogen-bond acceptors (Lipinski definition) is 5. The fourth-order valence-corrected chi connectivity index (χ4v) is 3.44. The van der Waals surface area contributed by atoms with Crippen molar-refractivity contribution in [2.45, 2.75) is 71.3 Å². The summed E-state index contributed by atoms with van der Waals surface area (Å²) in [4.78, 5) is 11.8. The summed E-state index contributed by atoms with van der Waals surface area (Å²) in [6, 6.07) is 2.51. The topological polar surface area (TPSA) is 69.9 Å². The first kappa shape index (κ1) is 23.5. The van der Waals surface area contributed by atoms with E-state index in [-0.39, 0.29) is 16.8 Å². The lowest BCUT2D eigenvalue weighted by Gasteiger charge is -2.32. The van der Waals surface area contributed by atoms with Crippen molar-refractivity contribution in [3.63, 3.8) is 0 Å². The zero-order valence-corrected chi connectivity index (χ0v) is 18.9. The maximum Gasteiger partial charge on any atom is 0.494 e. The zero-order chi connectivity index (χ0) is 23.6. The van der Waals surface area contributed by atoms with E-state index in [1.807, 2.05) is 27.7 Å². The summed E-state index contributed by atoms with van der Waals surface area (Å²) in [6.07, 6.45) is -5.56. The van der Waals surface area contributed by atoms with Gasteiger partial charge in [-0.1, -0.05) is 26.8 Å². The summed E-state index contributed by atoms with van der Waals surface area (Å²) in [7, 11) is 0.348. The van der Waals surface area contributed by atoms with Crippen LogP contribution in [0.1, 0.15) is 59.6 Å². The SMILES string of the molecule is CNC(=O)Oc1oc2c(C(F)(F)F)cc(B3OC(C)(C)C(C)(C)O3)cc2c1C(C)(C)C. The average Bonchev–Trinajstić information content (AvgIpc) is 3.05. The van der Waals surface area contributed by atoms with E-state index in [4.69, 9.17) is 18.5 Å². The lowest BCUT2D eigenvalue weighted by atomic mass is 9.76. The molecular weight excluding hydrogens is 414 g/mol. The van der Waals surface area contributed by atoms with E-state index in [2.05, 4.69) is 5.32 Å². The smallest absolute Gasteiger partial charge is 0.424 e. The highest BCUT2D eigenvalue weighted by molar-refractivity contribution is 6.62. The average molecular weight is 441 g/mol. The Bertz CT molecular complexity index is 1000. The van der Waals surface area contributed by atoms with E-state index in [1.54, 1.807) is 26.8 Å². The molecular formula is C21H27BF3NO5. The number of amides is 1. The van der Waals surface area contributed by atoms with Crippen LogP contribution in [0.5, 0.6) is 5.95 Å². The van der Waals surface area contributed by atoms with E-state index in [1.165, 1.54) is 7.05 Å². The number of hydrogen-bond donors (Lipinski definition) is 1. The first-order valence-electron chi connectivity index (χ1n) is 9.91. The van der Waals surface area contributed by atoms with Crippen molar-refractivity contribution in [3.8, 4) is 5.95 Å². The molecule has 0 atom stereocenters. The molecule has 10 heteroatoms. The van der Waals surface area contributed by atoms with Crippen LogP contribution in [-0.2, 0) is 20.9 Å². The van der Waals surface area contributed by atoms with Gasteiger partial charge < -0.3 is 23.8 Å². The van der Waals surface area contributed by atoms with Crippen LogP contribution in [0, 0.1) is 0 Å². The van der Waals surface area contributed by atoms with Gasteiger partial charge in [-0.15, -0.1) is 0 Å². The number of benzene rings is 1. The van der Waals surface area contributed by atoms with Gasteiger partial charge in [0.1, 0.15) is 0 Å². The van der Waals surface area contributed by atoms with Crippen molar-refractivity contribution >= 4 is 29.6 Å². The molecule has 1 aliphatic heterocycles. The number of halogens is 3. The summed E-state index contributed by atoms with van der Waals surface area (Å²) < 4.78 is 64.5. The fourth-order valence-electron chi connectivity index (χ4n) is 3.44. The highest BCUT2D eigenvalue weighted by atomic mass is 19.4. The van der Waals surface area contributed by atoms with E-state index >= 15 is 0 Å². The molecule has 1 N–H and O–H groups in total. The van der Waals surface area contributed by atoms with E-state index < -0.39 is 47.2 Å². The first-order chi connectivity index (χ1) is 14.0. The molecule has 170 valence electrons. The Morgan fingerprint density at radius 1 is 1.06 bits per heavy atom. The number of furan rings is 1. The first-order valence-corrected chi connectivity index (χ1v) is 9.91. The fraction of sp³-hybridized carbons (Fsp3) is 0.571. The minimum Gasteiger partial charge on any atom is -0.424 e. The Balaban J connectivity index is 2.29. The van der Waals surface area contributed by atoms with Crippen molar-refractivity contribution in [2.24, 2.45) is 0 Å². The highest BCUT2D eigenvalue weighted by Gasteiger charge is 2.52. The normalized spacial score (nSPS) is 18.5. The van der Waals surface area contributed by atoms with Crippen LogP contribution in [0.25, 0.3) is 11.0 Å². The monoisotopic (exact) mass is 441 g/mol. The molecule has 0 unspecified atom stereocenters. The van der Waals surface area contributed by atoms with Crippen molar-refractivity contribution < 1.29 is 36.4 Å². The maximum atomic E-state index is 14.0. The van der Waals surface area contributed by atoms with Crippen LogP contribution in [-0.4, -0.2) is 31.5 Å². The number of rotatable bonds is 2. The molecule has 0 bridgehead atoms. The molecule has 3 rings (SSSR count). The second kappa shape index (κ2) is 7.16. The van der Waals surface area contributed by atoms with Crippen LogP contribution in [0.2, 0.25) is 0 Å². The van der Waals surface area contributed by atoms with Crippen LogP contribution in [0.15, 0.2) is 16.5 Å². The third kappa shape index (κ3) is 4.15. The summed E-state index contributed by atoms with van der Waals surface area (Å²) in [6.45, 7) is 12.7. The Hall–Kier alpha value is -2.20. The molecule has 2 aromatic rings. The molecule has 0 spiro atoms. The number of fused-ring (bicyclic) bond motifs is 1. The molecule has 1 fully saturated rings. The Kier molecular flexibility index (Phi) is 5.42. The number of nitrogens with one attached hydrogen (secondary N) is 1. The van der Waals surface area contributed by atoms with Crippen LogP contribution in [0.4, 0.5) is 18.0 Å². The summed E-state index contributed by atoms with van der Waals surface area (Å²) in [5, 5.41) is 2.46. The molecule has 2 heterocycles.